The van der Waals surface area contributed by atoms with E-state index in [0.717, 1.165) is 18.7 Å². The zero-order chi connectivity index (χ0) is 7.40. The number of hydrogen-bond acceptors (Lipinski definition) is 2. The van der Waals surface area contributed by atoms with Crippen LogP contribution in [0.3, 0.4) is 0 Å². The van der Waals surface area contributed by atoms with Gasteiger partial charge in [0.25, 0.3) is 0 Å². The van der Waals surface area contributed by atoms with Crippen LogP contribution in [0.25, 0.3) is 0 Å². The van der Waals surface area contributed by atoms with E-state index in [0.29, 0.717) is 6.42 Å². The van der Waals surface area contributed by atoms with Crippen molar-refractivity contribution < 1.29 is 4.79 Å². The topological polar surface area (TPSA) is 20.3 Å². The molecule has 10 heavy (non-hydrogen) atoms. The largest absolute Gasteiger partial charge is 0.303 e. The summed E-state index contributed by atoms with van der Waals surface area (Å²) in [6, 6.07) is 0. The van der Waals surface area contributed by atoms with E-state index < -0.39 is 0 Å². The van der Waals surface area contributed by atoms with Gasteiger partial charge in [0.2, 0.25) is 0 Å². The van der Waals surface area contributed by atoms with Crippen molar-refractivity contribution in [1.82, 2.24) is 4.90 Å². The number of carbonyl (C=O) groups excluding carboxylic acids is 1. The Balaban J connectivity index is 2.12. The molecule has 0 aromatic rings. The summed E-state index contributed by atoms with van der Waals surface area (Å²) in [6.45, 7) is 5.61. The molecule has 0 radical (unpaired) electrons. The third kappa shape index (κ3) is 2.10. The molecule has 1 saturated heterocycles. The molecule has 0 amide bonds. The van der Waals surface area contributed by atoms with Gasteiger partial charge in [-0.05, 0) is 18.9 Å². The predicted molar refractivity (Wildman–Crippen MR) is 40.9 cm³/mol. The van der Waals surface area contributed by atoms with E-state index in [1.807, 2.05) is 0 Å². The zero-order valence-corrected chi connectivity index (χ0v) is 6.55. The van der Waals surface area contributed by atoms with Crippen molar-refractivity contribution in [3.8, 4) is 0 Å². The Kier molecular flexibility index (Phi) is 2.87. The second-order valence-electron chi connectivity index (χ2n) is 3.15. The molecule has 0 aliphatic carbocycles. The van der Waals surface area contributed by atoms with Crippen LogP contribution in [-0.2, 0) is 4.79 Å². The van der Waals surface area contributed by atoms with Crippen molar-refractivity contribution >= 4 is 6.29 Å². The van der Waals surface area contributed by atoms with E-state index in [9.17, 15) is 4.79 Å². The van der Waals surface area contributed by atoms with Gasteiger partial charge in [0, 0.05) is 19.5 Å². The highest BCUT2D eigenvalue weighted by Crippen LogP contribution is 2.14. The number of hydrogen-bond donors (Lipinski definition) is 0. The van der Waals surface area contributed by atoms with Gasteiger partial charge >= 0.3 is 0 Å². The third-order valence-electron chi connectivity index (χ3n) is 2.07. The van der Waals surface area contributed by atoms with Gasteiger partial charge < -0.3 is 9.69 Å². The molecule has 1 rings (SSSR count). The first-order chi connectivity index (χ1) is 4.83. The van der Waals surface area contributed by atoms with Crippen LogP contribution >= 0.6 is 0 Å². The lowest BCUT2D eigenvalue weighted by atomic mass is 10.2. The molecular formula is C8H15NO. The highest BCUT2D eigenvalue weighted by Gasteiger charge is 2.16. The van der Waals surface area contributed by atoms with Crippen LogP contribution in [0.5, 0.6) is 0 Å². The van der Waals surface area contributed by atoms with Gasteiger partial charge in [-0.15, -0.1) is 0 Å². The summed E-state index contributed by atoms with van der Waals surface area (Å²) in [7, 11) is 0. The molecule has 1 aliphatic rings. The number of aldehydes is 1. The molecule has 2 heteroatoms. The van der Waals surface area contributed by atoms with Crippen molar-refractivity contribution in [2.75, 3.05) is 19.6 Å². The number of nitrogens with zero attached hydrogens (tertiary/aromatic N) is 1. The summed E-state index contributed by atoms with van der Waals surface area (Å²) in [5.74, 6) is 0.839. The molecule has 0 N–H and O–H groups in total. The molecule has 1 aliphatic heterocycles. The molecule has 0 aromatic heterocycles. The normalized spacial score (nSPS) is 27.1. The van der Waals surface area contributed by atoms with Crippen LogP contribution in [0.2, 0.25) is 0 Å². The molecule has 0 saturated carbocycles. The third-order valence-corrected chi connectivity index (χ3v) is 2.07. The lowest BCUT2D eigenvalue weighted by Gasteiger charge is -2.11. The second kappa shape index (κ2) is 3.71. The van der Waals surface area contributed by atoms with Crippen molar-refractivity contribution in [3.63, 3.8) is 0 Å². The maximum atomic E-state index is 10.0. The highest BCUT2D eigenvalue weighted by molar-refractivity contribution is 5.49. The molecule has 0 spiro atoms. The summed E-state index contributed by atoms with van der Waals surface area (Å²) < 4.78 is 0. The molecule has 58 valence electrons. The fraction of sp³-hybridized carbons (Fsp3) is 0.875. The molecule has 0 aromatic carbocycles. The quantitative estimate of drug-likeness (QED) is 0.545. The predicted octanol–water partition coefficient (Wildman–Crippen LogP) is 0.917. The van der Waals surface area contributed by atoms with Crippen LogP contribution in [0.1, 0.15) is 19.8 Å². The molecule has 1 atom stereocenters. The SMILES string of the molecule is CC1CCN(CCC=O)C1. The number of carbonyl (C=O) groups is 1. The summed E-state index contributed by atoms with van der Waals surface area (Å²) in [5.41, 5.74) is 0. The van der Waals surface area contributed by atoms with E-state index in [-0.39, 0.29) is 0 Å². The minimum absolute atomic E-state index is 0.701. The monoisotopic (exact) mass is 141 g/mol. The van der Waals surface area contributed by atoms with E-state index in [1.54, 1.807) is 0 Å². The van der Waals surface area contributed by atoms with E-state index in [2.05, 4.69) is 11.8 Å². The first kappa shape index (κ1) is 7.73. The Bertz CT molecular complexity index is 114. The van der Waals surface area contributed by atoms with Crippen LogP contribution in [0.4, 0.5) is 0 Å². The summed E-state index contributed by atoms with van der Waals surface area (Å²) in [4.78, 5) is 12.4. The van der Waals surface area contributed by atoms with E-state index in [4.69, 9.17) is 0 Å². The summed E-state index contributed by atoms with van der Waals surface area (Å²) >= 11 is 0. The first-order valence-electron chi connectivity index (χ1n) is 3.99. The van der Waals surface area contributed by atoms with Crippen LogP contribution in [0, 0.1) is 5.92 Å². The molecule has 1 heterocycles. The Morgan fingerprint density at radius 3 is 3.00 bits per heavy atom. The van der Waals surface area contributed by atoms with Gasteiger partial charge in [-0.1, -0.05) is 6.92 Å². The minimum atomic E-state index is 0.701. The fourth-order valence-corrected chi connectivity index (χ4v) is 1.46. The van der Waals surface area contributed by atoms with Crippen molar-refractivity contribution in [2.24, 2.45) is 5.92 Å². The van der Waals surface area contributed by atoms with E-state index in [1.165, 1.54) is 19.5 Å². The number of likely N-dealkylation sites (tertiary alicyclic amines) is 1. The molecular weight excluding hydrogens is 126 g/mol. The van der Waals surface area contributed by atoms with Crippen molar-refractivity contribution in [2.45, 2.75) is 19.8 Å². The van der Waals surface area contributed by atoms with E-state index >= 15 is 0 Å². The first-order valence-corrected chi connectivity index (χ1v) is 3.99. The maximum absolute atomic E-state index is 10.0. The second-order valence-corrected chi connectivity index (χ2v) is 3.15. The standard InChI is InChI=1S/C8H15NO/c1-8-3-5-9(7-8)4-2-6-10/h6,8H,2-5,7H2,1H3. The Morgan fingerprint density at radius 1 is 1.70 bits per heavy atom. The lowest BCUT2D eigenvalue weighted by molar-refractivity contribution is -0.108. The fourth-order valence-electron chi connectivity index (χ4n) is 1.46. The molecule has 1 fully saturated rings. The maximum Gasteiger partial charge on any atom is 0.121 e. The summed E-state index contributed by atoms with van der Waals surface area (Å²) in [5, 5.41) is 0. The highest BCUT2D eigenvalue weighted by atomic mass is 16.1. The van der Waals surface area contributed by atoms with Gasteiger partial charge in [0.1, 0.15) is 6.29 Å². The van der Waals surface area contributed by atoms with Crippen LogP contribution in [-0.4, -0.2) is 30.8 Å². The van der Waals surface area contributed by atoms with Gasteiger partial charge in [-0.25, -0.2) is 0 Å². The Hall–Kier alpha value is -0.370. The average Bonchev–Trinajstić information content (AvgIpc) is 2.31. The smallest absolute Gasteiger partial charge is 0.121 e. The van der Waals surface area contributed by atoms with Gasteiger partial charge in [0.05, 0.1) is 0 Å². The van der Waals surface area contributed by atoms with Crippen molar-refractivity contribution in [3.05, 3.63) is 0 Å². The average molecular weight is 141 g/mol. The van der Waals surface area contributed by atoms with Crippen molar-refractivity contribution in [1.29, 1.82) is 0 Å². The molecule has 2 nitrogen and oxygen atoms in total. The Labute approximate surface area is 62.2 Å². The Morgan fingerprint density at radius 2 is 2.50 bits per heavy atom. The lowest BCUT2D eigenvalue weighted by Crippen LogP contribution is -2.21. The minimum Gasteiger partial charge on any atom is -0.303 e. The molecule has 0 bridgehead atoms. The van der Waals surface area contributed by atoms with Gasteiger partial charge in [-0.3, -0.25) is 0 Å². The van der Waals surface area contributed by atoms with Crippen LogP contribution in [0.15, 0.2) is 0 Å². The zero-order valence-electron chi connectivity index (χ0n) is 6.55. The van der Waals surface area contributed by atoms with Gasteiger partial charge in [-0.2, -0.15) is 0 Å². The summed E-state index contributed by atoms with van der Waals surface area (Å²) in [6.07, 6.45) is 3.01. The number of rotatable bonds is 3. The van der Waals surface area contributed by atoms with Gasteiger partial charge in [0.15, 0.2) is 0 Å². The molecule has 1 unspecified atom stereocenters. The van der Waals surface area contributed by atoms with Crippen LogP contribution < -0.4 is 0 Å².